The maximum atomic E-state index is 12.3. The molecule has 1 fully saturated rings. The molecule has 4 heteroatoms. The van der Waals surface area contributed by atoms with E-state index >= 15 is 0 Å². The van der Waals surface area contributed by atoms with Crippen molar-refractivity contribution in [1.29, 1.82) is 0 Å². The molecule has 0 saturated carbocycles. The highest BCUT2D eigenvalue weighted by molar-refractivity contribution is 5.77. The topological polar surface area (TPSA) is 41.6 Å². The molecule has 2 rings (SSSR count). The van der Waals surface area contributed by atoms with Crippen LogP contribution in [0.5, 0.6) is 0 Å². The van der Waals surface area contributed by atoms with Gasteiger partial charge in [0.05, 0.1) is 19.1 Å². The summed E-state index contributed by atoms with van der Waals surface area (Å²) < 4.78 is 5.79. The third-order valence-electron chi connectivity index (χ3n) is 4.24. The van der Waals surface area contributed by atoms with Gasteiger partial charge in [0.1, 0.15) is 0 Å². The number of carbonyl (C=O) groups excluding carboxylic acids is 1. The van der Waals surface area contributed by atoms with E-state index < -0.39 is 0 Å². The lowest BCUT2D eigenvalue weighted by Crippen LogP contribution is -2.47. The van der Waals surface area contributed by atoms with Crippen LogP contribution in [-0.2, 0) is 16.1 Å². The third-order valence-corrected chi connectivity index (χ3v) is 4.24. The monoisotopic (exact) mass is 318 g/mol. The van der Waals surface area contributed by atoms with E-state index in [1.807, 2.05) is 6.07 Å². The van der Waals surface area contributed by atoms with Gasteiger partial charge >= 0.3 is 0 Å². The quantitative estimate of drug-likeness (QED) is 0.840. The minimum atomic E-state index is -0.135. The van der Waals surface area contributed by atoms with E-state index in [4.69, 9.17) is 4.74 Å². The SMILES string of the molecule is CCCC(C)(C)NC(=O)CC1CN(Cc2ccccc2)CCO1. The fourth-order valence-corrected chi connectivity index (χ4v) is 3.21. The van der Waals surface area contributed by atoms with Gasteiger partial charge in [-0.05, 0) is 25.8 Å². The average molecular weight is 318 g/mol. The molecule has 128 valence electrons. The zero-order chi connectivity index (χ0) is 16.7. The van der Waals surface area contributed by atoms with Crippen molar-refractivity contribution in [3.05, 3.63) is 35.9 Å². The molecule has 1 unspecified atom stereocenters. The lowest BCUT2D eigenvalue weighted by molar-refractivity contribution is -0.127. The van der Waals surface area contributed by atoms with Gasteiger partial charge in [-0.2, -0.15) is 0 Å². The minimum absolute atomic E-state index is 0.00936. The Kier molecular flexibility index (Phi) is 6.60. The predicted octanol–water partition coefficient (Wildman–Crippen LogP) is 2.97. The standard InChI is InChI=1S/C19H30N2O2/c1-4-10-19(2,3)20-18(22)13-17-15-21(11-12-23-17)14-16-8-6-5-7-9-16/h5-9,17H,4,10-15H2,1-3H3,(H,20,22). The normalized spacial score (nSPS) is 19.5. The van der Waals surface area contributed by atoms with Crippen LogP contribution in [0.1, 0.15) is 45.6 Å². The van der Waals surface area contributed by atoms with Gasteiger partial charge in [0.25, 0.3) is 0 Å². The molecule has 1 amide bonds. The summed E-state index contributed by atoms with van der Waals surface area (Å²) >= 11 is 0. The lowest BCUT2D eigenvalue weighted by Gasteiger charge is -2.33. The number of hydrogen-bond acceptors (Lipinski definition) is 3. The summed E-state index contributed by atoms with van der Waals surface area (Å²) in [5, 5.41) is 3.13. The van der Waals surface area contributed by atoms with E-state index in [2.05, 4.69) is 55.3 Å². The fraction of sp³-hybridized carbons (Fsp3) is 0.632. The number of rotatable bonds is 7. The first kappa shape index (κ1) is 18.0. The van der Waals surface area contributed by atoms with Crippen LogP contribution < -0.4 is 5.32 Å². The summed E-state index contributed by atoms with van der Waals surface area (Å²) in [6, 6.07) is 10.5. The van der Waals surface area contributed by atoms with E-state index in [9.17, 15) is 4.79 Å². The zero-order valence-electron chi connectivity index (χ0n) is 14.7. The molecule has 0 radical (unpaired) electrons. The molecule has 0 aromatic heterocycles. The highest BCUT2D eigenvalue weighted by Crippen LogP contribution is 2.15. The van der Waals surface area contributed by atoms with Crippen molar-refractivity contribution in [3.63, 3.8) is 0 Å². The molecule has 1 aliphatic heterocycles. The second-order valence-electron chi connectivity index (χ2n) is 7.10. The molecule has 0 bridgehead atoms. The first-order valence-corrected chi connectivity index (χ1v) is 8.67. The highest BCUT2D eigenvalue weighted by Gasteiger charge is 2.25. The van der Waals surface area contributed by atoms with Crippen LogP contribution in [0.2, 0.25) is 0 Å². The Bertz CT molecular complexity index is 487. The van der Waals surface area contributed by atoms with Crippen molar-refractivity contribution >= 4 is 5.91 Å². The van der Waals surface area contributed by atoms with Crippen molar-refractivity contribution in [3.8, 4) is 0 Å². The largest absolute Gasteiger partial charge is 0.375 e. The van der Waals surface area contributed by atoms with Crippen LogP contribution in [0.15, 0.2) is 30.3 Å². The fourth-order valence-electron chi connectivity index (χ4n) is 3.21. The Labute approximate surface area is 140 Å². The number of morpholine rings is 1. The summed E-state index contributed by atoms with van der Waals surface area (Å²) in [5.41, 5.74) is 1.17. The summed E-state index contributed by atoms with van der Waals surface area (Å²) in [7, 11) is 0. The van der Waals surface area contributed by atoms with Crippen molar-refractivity contribution < 1.29 is 9.53 Å². The van der Waals surface area contributed by atoms with Gasteiger partial charge in [0, 0.05) is 25.2 Å². The second kappa shape index (κ2) is 8.46. The minimum Gasteiger partial charge on any atom is -0.375 e. The van der Waals surface area contributed by atoms with E-state index in [-0.39, 0.29) is 17.6 Å². The van der Waals surface area contributed by atoms with Crippen molar-refractivity contribution in [2.45, 2.75) is 58.2 Å². The molecule has 1 N–H and O–H groups in total. The Hall–Kier alpha value is -1.39. The molecule has 4 nitrogen and oxygen atoms in total. The lowest BCUT2D eigenvalue weighted by atomic mass is 9.98. The van der Waals surface area contributed by atoms with E-state index in [0.29, 0.717) is 13.0 Å². The van der Waals surface area contributed by atoms with Crippen LogP contribution in [0.4, 0.5) is 0 Å². The van der Waals surface area contributed by atoms with Gasteiger partial charge in [0.15, 0.2) is 0 Å². The van der Waals surface area contributed by atoms with Crippen LogP contribution >= 0.6 is 0 Å². The average Bonchev–Trinajstić information content (AvgIpc) is 2.47. The Morgan fingerprint density at radius 2 is 2.09 bits per heavy atom. The van der Waals surface area contributed by atoms with Crippen LogP contribution in [0.3, 0.4) is 0 Å². The van der Waals surface area contributed by atoms with Crippen LogP contribution in [0.25, 0.3) is 0 Å². The molecular formula is C19H30N2O2. The maximum absolute atomic E-state index is 12.3. The number of benzene rings is 1. The molecule has 1 heterocycles. The van der Waals surface area contributed by atoms with Gasteiger partial charge in [0.2, 0.25) is 5.91 Å². The van der Waals surface area contributed by atoms with E-state index in [0.717, 1.165) is 32.5 Å². The summed E-state index contributed by atoms with van der Waals surface area (Å²) in [5.74, 6) is 0.0926. The van der Waals surface area contributed by atoms with Crippen LogP contribution in [-0.4, -0.2) is 42.1 Å². The number of ether oxygens (including phenoxy) is 1. The molecule has 1 saturated heterocycles. The summed E-state index contributed by atoms with van der Waals surface area (Å²) in [6.07, 6.45) is 2.49. The Balaban J connectivity index is 1.80. The first-order valence-electron chi connectivity index (χ1n) is 8.67. The van der Waals surface area contributed by atoms with Crippen molar-refractivity contribution in [2.24, 2.45) is 0 Å². The molecule has 1 aliphatic rings. The molecule has 23 heavy (non-hydrogen) atoms. The summed E-state index contributed by atoms with van der Waals surface area (Å²) in [4.78, 5) is 14.6. The highest BCUT2D eigenvalue weighted by atomic mass is 16.5. The van der Waals surface area contributed by atoms with Gasteiger partial charge in [-0.15, -0.1) is 0 Å². The molecule has 0 aliphatic carbocycles. The van der Waals surface area contributed by atoms with Gasteiger partial charge < -0.3 is 10.1 Å². The Morgan fingerprint density at radius 3 is 2.78 bits per heavy atom. The number of nitrogens with zero attached hydrogens (tertiary/aromatic N) is 1. The molecule has 0 spiro atoms. The molecule has 1 atom stereocenters. The smallest absolute Gasteiger partial charge is 0.223 e. The molecule has 1 aromatic carbocycles. The van der Waals surface area contributed by atoms with Crippen molar-refractivity contribution in [2.75, 3.05) is 19.7 Å². The predicted molar refractivity (Wildman–Crippen MR) is 93.2 cm³/mol. The van der Waals surface area contributed by atoms with Gasteiger partial charge in [-0.3, -0.25) is 9.69 Å². The Morgan fingerprint density at radius 1 is 1.35 bits per heavy atom. The second-order valence-corrected chi connectivity index (χ2v) is 7.10. The van der Waals surface area contributed by atoms with Gasteiger partial charge in [-0.25, -0.2) is 0 Å². The number of carbonyl (C=O) groups is 1. The van der Waals surface area contributed by atoms with E-state index in [1.54, 1.807) is 0 Å². The summed E-state index contributed by atoms with van der Waals surface area (Å²) in [6.45, 7) is 9.66. The van der Waals surface area contributed by atoms with E-state index in [1.165, 1.54) is 5.56 Å². The van der Waals surface area contributed by atoms with Crippen LogP contribution in [0, 0.1) is 0 Å². The number of amides is 1. The molecule has 1 aromatic rings. The van der Waals surface area contributed by atoms with Gasteiger partial charge in [-0.1, -0.05) is 43.7 Å². The first-order chi connectivity index (χ1) is 11.0. The maximum Gasteiger partial charge on any atom is 0.223 e. The third kappa shape index (κ3) is 6.32. The zero-order valence-corrected chi connectivity index (χ0v) is 14.7. The van der Waals surface area contributed by atoms with Crippen molar-refractivity contribution in [1.82, 2.24) is 10.2 Å². The molecular weight excluding hydrogens is 288 g/mol. The number of hydrogen-bond donors (Lipinski definition) is 1. The number of nitrogens with one attached hydrogen (secondary N) is 1.